The average Bonchev–Trinajstić information content (AvgIpc) is 2.41. The molecule has 2 N–H and O–H groups in total. The summed E-state index contributed by atoms with van der Waals surface area (Å²) < 4.78 is 13.4. The molecule has 0 aliphatic carbocycles. The van der Waals surface area contributed by atoms with E-state index in [-0.39, 0.29) is 18.4 Å². The van der Waals surface area contributed by atoms with Crippen LogP contribution in [0.2, 0.25) is 0 Å². The van der Waals surface area contributed by atoms with Crippen LogP contribution in [0, 0.1) is 19.7 Å². The van der Waals surface area contributed by atoms with E-state index in [0.717, 1.165) is 16.8 Å². The lowest BCUT2D eigenvalue weighted by atomic mass is 10.1. The molecule has 0 spiro atoms. The summed E-state index contributed by atoms with van der Waals surface area (Å²) in [5, 5.41) is 5.39. The predicted octanol–water partition coefficient (Wildman–Crippen LogP) is 3.76. The fourth-order valence-electron chi connectivity index (χ4n) is 1.94. The molecule has 0 heterocycles. The minimum Gasteiger partial charge on any atom is -0.334 e. The summed E-state index contributed by atoms with van der Waals surface area (Å²) in [5.41, 5.74) is 3.34. The van der Waals surface area contributed by atoms with E-state index in [2.05, 4.69) is 10.6 Å². The molecule has 20 heavy (non-hydrogen) atoms. The number of urea groups is 1. The maximum atomic E-state index is 13.4. The van der Waals surface area contributed by atoms with Gasteiger partial charge in [0, 0.05) is 17.8 Å². The van der Waals surface area contributed by atoms with Crippen molar-refractivity contribution < 1.29 is 9.18 Å². The second-order valence-corrected chi connectivity index (χ2v) is 4.72. The first-order valence-electron chi connectivity index (χ1n) is 6.42. The summed E-state index contributed by atoms with van der Waals surface area (Å²) in [7, 11) is 0. The highest BCUT2D eigenvalue weighted by Crippen LogP contribution is 2.15. The maximum absolute atomic E-state index is 13.4. The lowest BCUT2D eigenvalue weighted by Crippen LogP contribution is -2.28. The Labute approximate surface area is 117 Å². The van der Waals surface area contributed by atoms with Crippen LogP contribution in [0.1, 0.15) is 16.7 Å². The van der Waals surface area contributed by atoms with E-state index in [4.69, 9.17) is 0 Å². The topological polar surface area (TPSA) is 41.1 Å². The highest BCUT2D eigenvalue weighted by molar-refractivity contribution is 5.90. The van der Waals surface area contributed by atoms with E-state index < -0.39 is 0 Å². The van der Waals surface area contributed by atoms with Crippen LogP contribution >= 0.6 is 0 Å². The number of rotatable bonds is 3. The summed E-state index contributed by atoms with van der Waals surface area (Å²) in [6.45, 7) is 4.08. The first-order valence-corrected chi connectivity index (χ1v) is 6.42. The molecule has 2 aromatic rings. The molecule has 0 bridgehead atoms. The van der Waals surface area contributed by atoms with E-state index in [1.165, 1.54) is 6.07 Å². The summed E-state index contributed by atoms with van der Waals surface area (Å²) >= 11 is 0. The van der Waals surface area contributed by atoms with Gasteiger partial charge in [0.15, 0.2) is 0 Å². The van der Waals surface area contributed by atoms with Crippen LogP contribution in [0.15, 0.2) is 42.5 Å². The minimum absolute atomic E-state index is 0.156. The van der Waals surface area contributed by atoms with Crippen molar-refractivity contribution in [3.05, 3.63) is 65.0 Å². The number of hydrogen-bond acceptors (Lipinski definition) is 1. The summed E-state index contributed by atoms with van der Waals surface area (Å²) in [5.74, 6) is -0.320. The SMILES string of the molecule is Cc1ccc(NC(=O)NCc2ccccc2F)c(C)c1. The van der Waals surface area contributed by atoms with Gasteiger partial charge in [0.2, 0.25) is 0 Å². The van der Waals surface area contributed by atoms with Crippen molar-refractivity contribution in [1.29, 1.82) is 0 Å². The predicted molar refractivity (Wildman–Crippen MR) is 78.2 cm³/mol. The standard InChI is InChI=1S/C16H17FN2O/c1-11-7-8-15(12(2)9-11)19-16(20)18-10-13-5-3-4-6-14(13)17/h3-9H,10H2,1-2H3,(H2,18,19,20). The molecule has 4 heteroatoms. The monoisotopic (exact) mass is 272 g/mol. The number of carbonyl (C=O) groups excluding carboxylic acids is 1. The highest BCUT2D eigenvalue weighted by atomic mass is 19.1. The van der Waals surface area contributed by atoms with Crippen molar-refractivity contribution in [2.45, 2.75) is 20.4 Å². The van der Waals surface area contributed by atoms with E-state index in [1.54, 1.807) is 18.2 Å². The smallest absolute Gasteiger partial charge is 0.319 e. The van der Waals surface area contributed by atoms with Gasteiger partial charge >= 0.3 is 6.03 Å². The normalized spacial score (nSPS) is 10.2. The molecular weight excluding hydrogens is 255 g/mol. The Balaban J connectivity index is 1.94. The third-order valence-corrected chi connectivity index (χ3v) is 3.03. The number of hydrogen-bond donors (Lipinski definition) is 2. The van der Waals surface area contributed by atoms with Gasteiger partial charge in [-0.3, -0.25) is 0 Å². The first-order chi connectivity index (χ1) is 9.56. The Morgan fingerprint density at radius 3 is 2.60 bits per heavy atom. The Hall–Kier alpha value is -2.36. The van der Waals surface area contributed by atoms with Gasteiger partial charge in [-0.05, 0) is 31.5 Å². The molecule has 2 amide bonds. The number of carbonyl (C=O) groups is 1. The molecule has 0 aromatic heterocycles. The fourth-order valence-corrected chi connectivity index (χ4v) is 1.94. The second kappa shape index (κ2) is 6.19. The van der Waals surface area contributed by atoms with E-state index in [1.807, 2.05) is 32.0 Å². The Morgan fingerprint density at radius 1 is 1.15 bits per heavy atom. The number of anilines is 1. The third kappa shape index (κ3) is 3.57. The molecule has 0 saturated heterocycles. The maximum Gasteiger partial charge on any atom is 0.319 e. The molecule has 0 atom stereocenters. The van der Waals surface area contributed by atoms with Gasteiger partial charge < -0.3 is 10.6 Å². The van der Waals surface area contributed by atoms with E-state index >= 15 is 0 Å². The molecule has 0 aliphatic heterocycles. The lowest BCUT2D eigenvalue weighted by molar-refractivity contribution is 0.251. The van der Waals surface area contributed by atoms with Crippen LogP contribution < -0.4 is 10.6 Å². The van der Waals surface area contributed by atoms with Gasteiger partial charge in [0.1, 0.15) is 5.82 Å². The van der Waals surface area contributed by atoms with Gasteiger partial charge in [-0.15, -0.1) is 0 Å². The van der Waals surface area contributed by atoms with Crippen LogP contribution in [0.4, 0.5) is 14.9 Å². The van der Waals surface area contributed by atoms with Gasteiger partial charge in [-0.1, -0.05) is 35.9 Å². The largest absolute Gasteiger partial charge is 0.334 e. The number of benzene rings is 2. The van der Waals surface area contributed by atoms with Crippen LogP contribution in [-0.4, -0.2) is 6.03 Å². The van der Waals surface area contributed by atoms with Crippen molar-refractivity contribution in [3.63, 3.8) is 0 Å². The molecule has 0 saturated carbocycles. The zero-order valence-corrected chi connectivity index (χ0v) is 11.5. The summed E-state index contributed by atoms with van der Waals surface area (Å²) in [4.78, 5) is 11.8. The Morgan fingerprint density at radius 2 is 1.90 bits per heavy atom. The van der Waals surface area contributed by atoms with E-state index in [9.17, 15) is 9.18 Å². The lowest BCUT2D eigenvalue weighted by Gasteiger charge is -2.10. The molecule has 0 fully saturated rings. The molecule has 3 nitrogen and oxygen atoms in total. The third-order valence-electron chi connectivity index (χ3n) is 3.03. The highest BCUT2D eigenvalue weighted by Gasteiger charge is 2.06. The molecular formula is C16H17FN2O. The van der Waals surface area contributed by atoms with Gasteiger partial charge in [-0.25, -0.2) is 9.18 Å². The number of aryl methyl sites for hydroxylation is 2. The van der Waals surface area contributed by atoms with Crippen molar-refractivity contribution >= 4 is 11.7 Å². The summed E-state index contributed by atoms with van der Waals surface area (Å²) in [6, 6.07) is 11.8. The van der Waals surface area contributed by atoms with E-state index in [0.29, 0.717) is 5.56 Å². The van der Waals surface area contributed by atoms with Crippen molar-refractivity contribution in [2.75, 3.05) is 5.32 Å². The van der Waals surface area contributed by atoms with Gasteiger partial charge in [-0.2, -0.15) is 0 Å². The zero-order valence-electron chi connectivity index (χ0n) is 11.5. The van der Waals surface area contributed by atoms with Crippen LogP contribution in [0.5, 0.6) is 0 Å². The molecule has 0 unspecified atom stereocenters. The van der Waals surface area contributed by atoms with Crippen LogP contribution in [0.25, 0.3) is 0 Å². The molecule has 2 rings (SSSR count). The molecule has 0 radical (unpaired) electrons. The number of nitrogens with one attached hydrogen (secondary N) is 2. The fraction of sp³-hybridized carbons (Fsp3) is 0.188. The van der Waals surface area contributed by atoms with Crippen molar-refractivity contribution in [2.24, 2.45) is 0 Å². The summed E-state index contributed by atoms with van der Waals surface area (Å²) in [6.07, 6.45) is 0. The molecule has 2 aromatic carbocycles. The van der Waals surface area contributed by atoms with Crippen LogP contribution in [0.3, 0.4) is 0 Å². The molecule has 104 valence electrons. The minimum atomic E-state index is -0.347. The quantitative estimate of drug-likeness (QED) is 0.877. The molecule has 0 aliphatic rings. The van der Waals surface area contributed by atoms with Gasteiger partial charge in [0.25, 0.3) is 0 Å². The zero-order chi connectivity index (χ0) is 14.5. The number of amides is 2. The van der Waals surface area contributed by atoms with Gasteiger partial charge in [0.05, 0.1) is 0 Å². The number of halogens is 1. The Bertz CT molecular complexity index is 626. The average molecular weight is 272 g/mol. The second-order valence-electron chi connectivity index (χ2n) is 4.72. The Kier molecular flexibility index (Phi) is 4.35. The van der Waals surface area contributed by atoms with Crippen molar-refractivity contribution in [3.8, 4) is 0 Å². The first kappa shape index (κ1) is 14.1. The van der Waals surface area contributed by atoms with Crippen LogP contribution in [-0.2, 0) is 6.54 Å². The van der Waals surface area contributed by atoms with Crippen molar-refractivity contribution in [1.82, 2.24) is 5.32 Å².